The Morgan fingerprint density at radius 2 is 1.67 bits per heavy atom. The molecule has 0 aromatic carbocycles. The van der Waals surface area contributed by atoms with E-state index >= 15 is 0 Å². The fraction of sp³-hybridized carbons (Fsp3) is 0.750. The lowest BCUT2D eigenvalue weighted by molar-refractivity contribution is 0.192. The van der Waals surface area contributed by atoms with Crippen LogP contribution >= 0.6 is 0 Å². The maximum Gasteiger partial charge on any atom is 0.133 e. The van der Waals surface area contributed by atoms with Gasteiger partial charge in [0.05, 0.1) is 0 Å². The third kappa shape index (κ3) is 7.85. The summed E-state index contributed by atoms with van der Waals surface area (Å²) in [6.07, 6.45) is 6.50. The molecule has 1 heterocycles. The van der Waals surface area contributed by atoms with Crippen LogP contribution in [0.3, 0.4) is 0 Å². The lowest BCUT2D eigenvalue weighted by Crippen LogP contribution is -2.10. The minimum Gasteiger partial charge on any atom is -0.385 e. The van der Waals surface area contributed by atoms with E-state index in [0.717, 1.165) is 69.3 Å². The molecule has 0 aliphatic rings. The Morgan fingerprint density at radius 1 is 0.952 bits per heavy atom. The Balaban J connectivity index is 2.48. The molecule has 5 nitrogen and oxygen atoms in total. The van der Waals surface area contributed by atoms with Gasteiger partial charge in [0.1, 0.15) is 17.5 Å². The number of anilines is 2. The second-order valence-corrected chi connectivity index (χ2v) is 5.21. The van der Waals surface area contributed by atoms with Crippen molar-refractivity contribution in [2.24, 2.45) is 0 Å². The van der Waals surface area contributed by atoms with Gasteiger partial charge < -0.3 is 15.4 Å². The van der Waals surface area contributed by atoms with Gasteiger partial charge in [-0.25, -0.2) is 9.97 Å². The molecule has 1 aromatic heterocycles. The quantitative estimate of drug-likeness (QED) is 0.578. The van der Waals surface area contributed by atoms with Gasteiger partial charge in [0.2, 0.25) is 0 Å². The van der Waals surface area contributed by atoms with Crippen molar-refractivity contribution in [3.8, 4) is 0 Å². The summed E-state index contributed by atoms with van der Waals surface area (Å²) in [5, 5.41) is 6.75. The van der Waals surface area contributed by atoms with Crippen LogP contribution in [0.15, 0.2) is 6.07 Å². The third-order valence-corrected chi connectivity index (χ3v) is 3.13. The van der Waals surface area contributed by atoms with Crippen LogP contribution in [0, 0.1) is 0 Å². The monoisotopic (exact) mass is 294 g/mol. The molecule has 0 bridgehead atoms. The fourth-order valence-electron chi connectivity index (χ4n) is 2.03. The molecule has 0 atom stereocenters. The first-order valence-corrected chi connectivity index (χ1v) is 8.14. The van der Waals surface area contributed by atoms with Crippen molar-refractivity contribution in [3.05, 3.63) is 11.9 Å². The van der Waals surface area contributed by atoms with Gasteiger partial charge in [-0.15, -0.1) is 0 Å². The minimum absolute atomic E-state index is 0.846. The summed E-state index contributed by atoms with van der Waals surface area (Å²) in [7, 11) is 1.75. The first-order chi connectivity index (χ1) is 10.3. The van der Waals surface area contributed by atoms with Crippen molar-refractivity contribution in [3.63, 3.8) is 0 Å². The van der Waals surface area contributed by atoms with Crippen molar-refractivity contribution in [1.29, 1.82) is 0 Å². The number of aromatic nitrogens is 2. The van der Waals surface area contributed by atoms with Crippen LogP contribution in [0.4, 0.5) is 11.6 Å². The highest BCUT2D eigenvalue weighted by molar-refractivity contribution is 5.47. The number of methoxy groups -OCH3 is 1. The average molecular weight is 294 g/mol. The molecular formula is C16H30N4O. The van der Waals surface area contributed by atoms with Gasteiger partial charge in [-0.05, 0) is 32.1 Å². The average Bonchev–Trinajstić information content (AvgIpc) is 2.49. The van der Waals surface area contributed by atoms with Gasteiger partial charge in [-0.2, -0.15) is 0 Å². The van der Waals surface area contributed by atoms with Gasteiger partial charge in [0.25, 0.3) is 0 Å². The van der Waals surface area contributed by atoms with E-state index < -0.39 is 0 Å². The topological polar surface area (TPSA) is 59.1 Å². The number of nitrogens with one attached hydrogen (secondary N) is 2. The smallest absolute Gasteiger partial charge is 0.133 e. The molecule has 5 heteroatoms. The summed E-state index contributed by atoms with van der Waals surface area (Å²) in [6, 6.07) is 2.00. The molecule has 0 spiro atoms. The zero-order chi connectivity index (χ0) is 15.3. The first kappa shape index (κ1) is 17.7. The lowest BCUT2D eigenvalue weighted by atomic mass is 10.2. The molecule has 1 rings (SSSR count). The zero-order valence-electron chi connectivity index (χ0n) is 13.7. The van der Waals surface area contributed by atoms with Crippen molar-refractivity contribution >= 4 is 11.6 Å². The van der Waals surface area contributed by atoms with Crippen molar-refractivity contribution in [2.45, 2.75) is 52.4 Å². The van der Waals surface area contributed by atoms with Crippen molar-refractivity contribution in [2.75, 3.05) is 37.4 Å². The Hall–Kier alpha value is -1.36. The van der Waals surface area contributed by atoms with Gasteiger partial charge >= 0.3 is 0 Å². The van der Waals surface area contributed by atoms with E-state index in [1.165, 1.54) is 6.42 Å². The number of nitrogens with zero attached hydrogens (tertiary/aromatic N) is 2. The highest BCUT2D eigenvalue weighted by atomic mass is 16.5. The number of ether oxygens (including phenoxy) is 1. The summed E-state index contributed by atoms with van der Waals surface area (Å²) >= 11 is 0. The third-order valence-electron chi connectivity index (χ3n) is 3.13. The Kier molecular flexibility index (Phi) is 9.53. The van der Waals surface area contributed by atoms with E-state index in [1.807, 2.05) is 6.07 Å². The molecule has 0 saturated heterocycles. The molecule has 0 aliphatic carbocycles. The SMILES string of the molecule is CCCNc1cc(NCCCCCOC)nc(CCC)n1. The molecule has 0 unspecified atom stereocenters. The number of hydrogen-bond acceptors (Lipinski definition) is 5. The molecule has 0 amide bonds. The molecular weight excluding hydrogens is 264 g/mol. The largest absolute Gasteiger partial charge is 0.385 e. The number of unbranched alkanes of at least 4 members (excludes halogenated alkanes) is 2. The summed E-state index contributed by atoms with van der Waals surface area (Å²) in [5.74, 6) is 2.77. The van der Waals surface area contributed by atoms with Crippen LogP contribution in [-0.4, -0.2) is 36.8 Å². The molecule has 2 N–H and O–H groups in total. The molecule has 0 aliphatic heterocycles. The minimum atomic E-state index is 0.846. The predicted molar refractivity (Wildman–Crippen MR) is 89.0 cm³/mol. The van der Waals surface area contributed by atoms with Gasteiger partial charge in [-0.3, -0.25) is 0 Å². The van der Waals surface area contributed by atoms with Crippen molar-refractivity contribution < 1.29 is 4.74 Å². The molecule has 0 saturated carbocycles. The van der Waals surface area contributed by atoms with Crippen LogP contribution in [0.1, 0.15) is 51.8 Å². The summed E-state index contributed by atoms with van der Waals surface area (Å²) in [6.45, 7) is 7.04. The lowest BCUT2D eigenvalue weighted by Gasteiger charge is -2.11. The molecule has 0 radical (unpaired) electrons. The van der Waals surface area contributed by atoms with Gasteiger partial charge in [0.15, 0.2) is 0 Å². The standard InChI is InChI=1S/C16H30N4O/c1-4-9-14-19-15(17-10-5-2)13-16(20-14)18-11-7-6-8-12-21-3/h13H,4-12H2,1-3H3,(H2,17,18,19,20). The molecule has 120 valence electrons. The van der Waals surface area contributed by atoms with Crippen LogP contribution in [0.25, 0.3) is 0 Å². The Morgan fingerprint density at radius 3 is 2.29 bits per heavy atom. The number of aryl methyl sites for hydroxylation is 1. The second-order valence-electron chi connectivity index (χ2n) is 5.21. The van der Waals surface area contributed by atoms with Crippen LogP contribution in [0.2, 0.25) is 0 Å². The first-order valence-electron chi connectivity index (χ1n) is 8.14. The predicted octanol–water partition coefficient (Wildman–Crippen LogP) is 3.48. The fourth-order valence-corrected chi connectivity index (χ4v) is 2.03. The van der Waals surface area contributed by atoms with E-state index in [1.54, 1.807) is 7.11 Å². The Bertz CT molecular complexity index is 385. The van der Waals surface area contributed by atoms with Crippen LogP contribution in [-0.2, 0) is 11.2 Å². The van der Waals surface area contributed by atoms with Crippen LogP contribution < -0.4 is 10.6 Å². The summed E-state index contributed by atoms with van der Waals surface area (Å²) < 4.78 is 5.05. The summed E-state index contributed by atoms with van der Waals surface area (Å²) in [5.41, 5.74) is 0. The van der Waals surface area contributed by atoms with Crippen molar-refractivity contribution in [1.82, 2.24) is 9.97 Å². The van der Waals surface area contributed by atoms with E-state index in [0.29, 0.717) is 0 Å². The normalized spacial score (nSPS) is 10.6. The molecule has 21 heavy (non-hydrogen) atoms. The highest BCUT2D eigenvalue weighted by Gasteiger charge is 2.03. The van der Waals surface area contributed by atoms with Crippen LogP contribution in [0.5, 0.6) is 0 Å². The number of hydrogen-bond donors (Lipinski definition) is 2. The highest BCUT2D eigenvalue weighted by Crippen LogP contribution is 2.13. The Labute approximate surface area is 128 Å². The maximum absolute atomic E-state index is 5.05. The van der Waals surface area contributed by atoms with E-state index in [4.69, 9.17) is 4.74 Å². The van der Waals surface area contributed by atoms with Gasteiger partial charge in [0, 0.05) is 39.3 Å². The number of rotatable bonds is 12. The second kappa shape index (κ2) is 11.3. The van der Waals surface area contributed by atoms with E-state index in [2.05, 4.69) is 34.4 Å². The van der Waals surface area contributed by atoms with Gasteiger partial charge in [-0.1, -0.05) is 13.8 Å². The molecule has 0 fully saturated rings. The van der Waals surface area contributed by atoms with E-state index in [9.17, 15) is 0 Å². The summed E-state index contributed by atoms with van der Waals surface area (Å²) in [4.78, 5) is 9.13. The zero-order valence-corrected chi connectivity index (χ0v) is 13.7. The van der Waals surface area contributed by atoms with E-state index in [-0.39, 0.29) is 0 Å². The maximum atomic E-state index is 5.05. The molecule has 1 aromatic rings.